The zero-order valence-corrected chi connectivity index (χ0v) is 10.8. The Bertz CT molecular complexity index is 164. The van der Waals surface area contributed by atoms with Crippen molar-refractivity contribution in [2.45, 2.75) is 32.4 Å². The van der Waals surface area contributed by atoms with E-state index >= 15 is 0 Å². The SMILES string of the molecule is CC(O)CN(CCN(C)C)CC(C)(C)N. The van der Waals surface area contributed by atoms with Gasteiger partial charge in [0.1, 0.15) is 0 Å². The van der Waals surface area contributed by atoms with Crippen LogP contribution in [0.25, 0.3) is 0 Å². The summed E-state index contributed by atoms with van der Waals surface area (Å²) in [5, 5.41) is 9.39. The summed E-state index contributed by atoms with van der Waals surface area (Å²) in [7, 11) is 4.10. The molecule has 0 aliphatic heterocycles. The summed E-state index contributed by atoms with van der Waals surface area (Å²) in [6.45, 7) is 9.27. The van der Waals surface area contributed by atoms with Crippen LogP contribution in [-0.2, 0) is 0 Å². The van der Waals surface area contributed by atoms with E-state index in [0.717, 1.165) is 19.6 Å². The topological polar surface area (TPSA) is 52.7 Å². The van der Waals surface area contributed by atoms with Gasteiger partial charge >= 0.3 is 0 Å². The smallest absolute Gasteiger partial charge is 0.0639 e. The Kier molecular flexibility index (Phi) is 6.36. The van der Waals surface area contributed by atoms with Gasteiger partial charge in [0.05, 0.1) is 6.10 Å². The fourth-order valence-corrected chi connectivity index (χ4v) is 1.53. The Morgan fingerprint density at radius 2 is 1.80 bits per heavy atom. The minimum atomic E-state index is -0.297. The number of hydrogen-bond donors (Lipinski definition) is 2. The highest BCUT2D eigenvalue weighted by molar-refractivity contribution is 4.78. The molecular formula is C11H27N3O. The van der Waals surface area contributed by atoms with Crippen molar-refractivity contribution in [2.75, 3.05) is 40.3 Å². The molecule has 0 aromatic rings. The minimum Gasteiger partial charge on any atom is -0.392 e. The van der Waals surface area contributed by atoms with Gasteiger partial charge in [-0.25, -0.2) is 0 Å². The molecule has 0 amide bonds. The maximum atomic E-state index is 9.39. The van der Waals surface area contributed by atoms with Crippen LogP contribution in [0, 0.1) is 0 Å². The molecule has 0 saturated carbocycles. The maximum Gasteiger partial charge on any atom is 0.0639 e. The summed E-state index contributed by atoms with van der Waals surface area (Å²) < 4.78 is 0. The maximum absolute atomic E-state index is 9.39. The molecule has 1 unspecified atom stereocenters. The van der Waals surface area contributed by atoms with Crippen LogP contribution in [0.3, 0.4) is 0 Å². The lowest BCUT2D eigenvalue weighted by Gasteiger charge is -2.31. The number of hydrogen-bond acceptors (Lipinski definition) is 4. The van der Waals surface area contributed by atoms with Crippen molar-refractivity contribution in [3.8, 4) is 0 Å². The Balaban J connectivity index is 4.07. The summed E-state index contributed by atoms with van der Waals surface area (Å²) in [5.41, 5.74) is 5.77. The molecule has 0 bridgehead atoms. The highest BCUT2D eigenvalue weighted by Gasteiger charge is 2.17. The van der Waals surface area contributed by atoms with Gasteiger partial charge in [-0.3, -0.25) is 4.90 Å². The minimum absolute atomic E-state index is 0.207. The van der Waals surface area contributed by atoms with E-state index in [1.807, 2.05) is 34.9 Å². The lowest BCUT2D eigenvalue weighted by atomic mass is 10.1. The molecule has 0 aromatic carbocycles. The number of aliphatic hydroxyl groups excluding tert-OH is 1. The number of rotatable bonds is 7. The number of nitrogens with two attached hydrogens (primary N) is 1. The van der Waals surface area contributed by atoms with Crippen molar-refractivity contribution < 1.29 is 5.11 Å². The quantitative estimate of drug-likeness (QED) is 0.629. The van der Waals surface area contributed by atoms with Crippen LogP contribution in [0.15, 0.2) is 0 Å². The lowest BCUT2D eigenvalue weighted by Crippen LogP contribution is -2.48. The second-order valence-electron chi connectivity index (χ2n) is 5.38. The summed E-state index contributed by atoms with van der Waals surface area (Å²) in [4.78, 5) is 4.35. The van der Waals surface area contributed by atoms with Crippen LogP contribution in [0.2, 0.25) is 0 Å². The van der Waals surface area contributed by atoms with E-state index in [1.54, 1.807) is 0 Å². The average Bonchev–Trinajstić information content (AvgIpc) is 1.95. The first-order valence-corrected chi connectivity index (χ1v) is 5.55. The Hall–Kier alpha value is -0.160. The van der Waals surface area contributed by atoms with E-state index in [-0.39, 0.29) is 11.6 Å². The molecule has 0 aliphatic rings. The van der Waals surface area contributed by atoms with Crippen LogP contribution >= 0.6 is 0 Å². The summed E-state index contributed by atoms with van der Waals surface area (Å²) >= 11 is 0. The fraction of sp³-hybridized carbons (Fsp3) is 1.00. The van der Waals surface area contributed by atoms with Crippen molar-refractivity contribution >= 4 is 0 Å². The Morgan fingerprint density at radius 1 is 1.27 bits per heavy atom. The molecule has 3 N–H and O–H groups in total. The highest BCUT2D eigenvalue weighted by atomic mass is 16.3. The molecule has 0 saturated heterocycles. The van der Waals surface area contributed by atoms with E-state index in [1.165, 1.54) is 0 Å². The van der Waals surface area contributed by atoms with Crippen molar-refractivity contribution in [3.05, 3.63) is 0 Å². The summed E-state index contributed by atoms with van der Waals surface area (Å²) in [6.07, 6.45) is -0.297. The summed E-state index contributed by atoms with van der Waals surface area (Å²) in [5.74, 6) is 0. The third-order valence-corrected chi connectivity index (χ3v) is 2.02. The molecule has 15 heavy (non-hydrogen) atoms. The molecule has 1 atom stereocenters. The normalized spacial score (nSPS) is 15.0. The lowest BCUT2D eigenvalue weighted by molar-refractivity contribution is 0.109. The van der Waals surface area contributed by atoms with E-state index in [2.05, 4.69) is 9.80 Å². The van der Waals surface area contributed by atoms with Gasteiger partial charge in [0.2, 0.25) is 0 Å². The fourth-order valence-electron chi connectivity index (χ4n) is 1.53. The van der Waals surface area contributed by atoms with Gasteiger partial charge in [0.25, 0.3) is 0 Å². The number of aliphatic hydroxyl groups is 1. The molecule has 0 aliphatic carbocycles. The van der Waals surface area contributed by atoms with Crippen molar-refractivity contribution in [1.82, 2.24) is 9.80 Å². The van der Waals surface area contributed by atoms with Gasteiger partial charge in [-0.1, -0.05) is 0 Å². The predicted molar refractivity (Wildman–Crippen MR) is 64.9 cm³/mol. The molecule has 4 heteroatoms. The molecule has 0 spiro atoms. The molecular weight excluding hydrogens is 190 g/mol. The molecule has 0 radical (unpaired) electrons. The van der Waals surface area contributed by atoms with Crippen molar-refractivity contribution in [3.63, 3.8) is 0 Å². The largest absolute Gasteiger partial charge is 0.392 e. The predicted octanol–water partition coefficient (Wildman–Crippen LogP) is -0.0319. The van der Waals surface area contributed by atoms with Crippen LogP contribution in [0.1, 0.15) is 20.8 Å². The Morgan fingerprint density at radius 3 is 2.13 bits per heavy atom. The second-order valence-corrected chi connectivity index (χ2v) is 5.38. The zero-order valence-electron chi connectivity index (χ0n) is 10.8. The van der Waals surface area contributed by atoms with Crippen LogP contribution < -0.4 is 5.73 Å². The molecule has 0 aromatic heterocycles. The monoisotopic (exact) mass is 217 g/mol. The Labute approximate surface area is 94.0 Å². The van der Waals surface area contributed by atoms with Crippen LogP contribution in [-0.4, -0.2) is 66.8 Å². The first-order chi connectivity index (χ1) is 6.70. The number of likely N-dealkylation sites (N-methyl/N-ethyl adjacent to an activating group) is 1. The van der Waals surface area contributed by atoms with Gasteiger partial charge in [-0.05, 0) is 34.9 Å². The summed E-state index contributed by atoms with van der Waals surface area (Å²) in [6, 6.07) is 0. The number of nitrogens with zero attached hydrogens (tertiary/aromatic N) is 2. The van der Waals surface area contributed by atoms with Gasteiger partial charge in [-0.15, -0.1) is 0 Å². The van der Waals surface area contributed by atoms with E-state index in [4.69, 9.17) is 5.73 Å². The standard InChI is InChI=1S/C11H27N3O/c1-10(15)8-14(7-6-13(4)5)9-11(2,3)12/h10,15H,6-9,12H2,1-5H3. The first kappa shape index (κ1) is 14.8. The van der Waals surface area contributed by atoms with E-state index in [9.17, 15) is 5.11 Å². The van der Waals surface area contributed by atoms with Gasteiger partial charge in [0.15, 0.2) is 0 Å². The van der Waals surface area contributed by atoms with Crippen molar-refractivity contribution in [1.29, 1.82) is 0 Å². The zero-order chi connectivity index (χ0) is 12.1. The van der Waals surface area contributed by atoms with Gasteiger partial charge in [0, 0.05) is 31.7 Å². The highest BCUT2D eigenvalue weighted by Crippen LogP contribution is 2.02. The molecule has 0 fully saturated rings. The van der Waals surface area contributed by atoms with Gasteiger partial charge in [-0.2, -0.15) is 0 Å². The van der Waals surface area contributed by atoms with Crippen molar-refractivity contribution in [2.24, 2.45) is 5.73 Å². The molecule has 0 rings (SSSR count). The van der Waals surface area contributed by atoms with Crippen LogP contribution in [0.4, 0.5) is 0 Å². The molecule has 0 heterocycles. The third kappa shape index (κ3) is 10.1. The van der Waals surface area contributed by atoms with Crippen LogP contribution in [0.5, 0.6) is 0 Å². The van der Waals surface area contributed by atoms with E-state index < -0.39 is 0 Å². The third-order valence-electron chi connectivity index (χ3n) is 2.02. The van der Waals surface area contributed by atoms with Gasteiger partial charge < -0.3 is 15.7 Å². The second kappa shape index (κ2) is 6.43. The molecule has 4 nitrogen and oxygen atoms in total. The van der Waals surface area contributed by atoms with E-state index in [0.29, 0.717) is 6.54 Å². The first-order valence-electron chi connectivity index (χ1n) is 5.55. The average molecular weight is 217 g/mol. The molecule has 92 valence electrons.